The number of hydrogen-bond donors (Lipinski definition) is 2. The number of carbonyl (C=O) groups is 1. The van der Waals surface area contributed by atoms with Crippen LogP contribution in [0, 0.1) is 10.1 Å². The summed E-state index contributed by atoms with van der Waals surface area (Å²) in [5.41, 5.74) is 1.18. The molecule has 1 aromatic carbocycles. The maximum atomic E-state index is 12.3. The average Bonchev–Trinajstić information content (AvgIpc) is 3.12. The second-order valence-corrected chi connectivity index (χ2v) is 5.97. The van der Waals surface area contributed by atoms with Gasteiger partial charge < -0.3 is 10.6 Å². The number of benzene rings is 1. The van der Waals surface area contributed by atoms with Gasteiger partial charge >= 0.3 is 0 Å². The molecular formula is C16H21ClN6O3. The van der Waals surface area contributed by atoms with Crippen molar-refractivity contribution >= 4 is 29.7 Å². The van der Waals surface area contributed by atoms with E-state index in [0.29, 0.717) is 17.7 Å². The maximum Gasteiger partial charge on any atom is 0.277 e. The molecule has 0 spiro atoms. The molecule has 0 radical (unpaired) electrons. The van der Waals surface area contributed by atoms with Crippen LogP contribution in [0.2, 0.25) is 0 Å². The minimum absolute atomic E-state index is 0. The van der Waals surface area contributed by atoms with E-state index in [1.54, 1.807) is 23.0 Å². The minimum atomic E-state index is -0.443. The molecule has 1 amide bonds. The Morgan fingerprint density at radius 1 is 1.42 bits per heavy atom. The summed E-state index contributed by atoms with van der Waals surface area (Å²) in [4.78, 5) is 23.0. The first kappa shape index (κ1) is 19.8. The van der Waals surface area contributed by atoms with Crippen LogP contribution in [0.5, 0.6) is 0 Å². The van der Waals surface area contributed by atoms with Crippen molar-refractivity contribution in [1.29, 1.82) is 0 Å². The van der Waals surface area contributed by atoms with Crippen molar-refractivity contribution in [3.05, 3.63) is 45.8 Å². The zero-order valence-corrected chi connectivity index (χ0v) is 15.2. The Bertz CT molecular complexity index is 788. The third-order valence-corrected chi connectivity index (χ3v) is 4.35. The van der Waals surface area contributed by atoms with Gasteiger partial charge in [0, 0.05) is 17.3 Å². The van der Waals surface area contributed by atoms with Crippen LogP contribution in [0.3, 0.4) is 0 Å². The van der Waals surface area contributed by atoms with E-state index in [2.05, 4.69) is 20.9 Å². The average molecular weight is 381 g/mol. The molecule has 140 valence electrons. The Kier molecular flexibility index (Phi) is 6.64. The smallest absolute Gasteiger partial charge is 0.277 e. The SMILES string of the molecule is CCc1ccc(NC(=O)c2cn(C3CCNCC3)nn2)cc1[N+](=O)[O-].Cl. The van der Waals surface area contributed by atoms with E-state index in [0.717, 1.165) is 25.9 Å². The predicted molar refractivity (Wildman–Crippen MR) is 98.8 cm³/mol. The summed E-state index contributed by atoms with van der Waals surface area (Å²) >= 11 is 0. The van der Waals surface area contributed by atoms with Crippen molar-refractivity contribution in [1.82, 2.24) is 20.3 Å². The van der Waals surface area contributed by atoms with E-state index >= 15 is 0 Å². The lowest BCUT2D eigenvalue weighted by molar-refractivity contribution is -0.385. The third kappa shape index (κ3) is 4.36. The second kappa shape index (κ2) is 8.72. The first-order chi connectivity index (χ1) is 12.1. The highest BCUT2D eigenvalue weighted by Crippen LogP contribution is 2.24. The summed E-state index contributed by atoms with van der Waals surface area (Å²) < 4.78 is 1.72. The van der Waals surface area contributed by atoms with Crippen LogP contribution in [0.15, 0.2) is 24.4 Å². The van der Waals surface area contributed by atoms with Crippen LogP contribution < -0.4 is 10.6 Å². The number of halogens is 1. The number of rotatable bonds is 5. The van der Waals surface area contributed by atoms with E-state index in [-0.39, 0.29) is 29.8 Å². The number of aromatic nitrogens is 3. The highest BCUT2D eigenvalue weighted by molar-refractivity contribution is 6.02. The lowest BCUT2D eigenvalue weighted by Crippen LogP contribution is -2.29. The minimum Gasteiger partial charge on any atom is -0.320 e. The monoisotopic (exact) mass is 380 g/mol. The number of nitrogens with one attached hydrogen (secondary N) is 2. The molecule has 0 saturated carbocycles. The second-order valence-electron chi connectivity index (χ2n) is 5.97. The van der Waals surface area contributed by atoms with Crippen molar-refractivity contribution in [2.75, 3.05) is 18.4 Å². The molecule has 1 aliphatic heterocycles. The normalized spacial score (nSPS) is 14.5. The molecule has 2 aromatic rings. The highest BCUT2D eigenvalue weighted by atomic mass is 35.5. The van der Waals surface area contributed by atoms with Gasteiger partial charge in [0.05, 0.1) is 17.2 Å². The van der Waals surface area contributed by atoms with Gasteiger partial charge in [-0.2, -0.15) is 0 Å². The lowest BCUT2D eigenvalue weighted by Gasteiger charge is -2.22. The van der Waals surface area contributed by atoms with E-state index in [1.807, 2.05) is 6.92 Å². The van der Waals surface area contributed by atoms with E-state index < -0.39 is 10.8 Å². The van der Waals surface area contributed by atoms with Gasteiger partial charge in [-0.05, 0) is 38.4 Å². The van der Waals surface area contributed by atoms with E-state index in [1.165, 1.54) is 6.07 Å². The molecule has 1 fully saturated rings. The Labute approximate surface area is 156 Å². The summed E-state index contributed by atoms with van der Waals surface area (Å²) in [6.07, 6.45) is 4.06. The van der Waals surface area contributed by atoms with Gasteiger partial charge in [-0.25, -0.2) is 4.68 Å². The molecule has 0 unspecified atom stereocenters. The van der Waals surface area contributed by atoms with Gasteiger partial charge in [0.15, 0.2) is 5.69 Å². The fourth-order valence-electron chi connectivity index (χ4n) is 2.94. The molecular weight excluding hydrogens is 360 g/mol. The number of nitro benzene ring substituents is 1. The van der Waals surface area contributed by atoms with Gasteiger partial charge in [-0.3, -0.25) is 14.9 Å². The number of aryl methyl sites for hydroxylation is 1. The Morgan fingerprint density at radius 2 is 2.15 bits per heavy atom. The molecule has 10 heteroatoms. The fraction of sp³-hybridized carbons (Fsp3) is 0.438. The lowest BCUT2D eigenvalue weighted by atomic mass is 10.1. The van der Waals surface area contributed by atoms with Gasteiger partial charge in [-0.1, -0.05) is 18.2 Å². The summed E-state index contributed by atoms with van der Waals surface area (Å²) in [6, 6.07) is 4.91. The number of piperidine rings is 1. The molecule has 0 aliphatic carbocycles. The summed E-state index contributed by atoms with van der Waals surface area (Å²) in [7, 11) is 0. The van der Waals surface area contributed by atoms with Crippen LogP contribution in [0.4, 0.5) is 11.4 Å². The molecule has 1 saturated heterocycles. The molecule has 1 aliphatic rings. The van der Waals surface area contributed by atoms with E-state index in [9.17, 15) is 14.9 Å². The van der Waals surface area contributed by atoms with Crippen LogP contribution in [0.25, 0.3) is 0 Å². The van der Waals surface area contributed by atoms with Crippen molar-refractivity contribution < 1.29 is 9.72 Å². The maximum absolute atomic E-state index is 12.3. The number of nitrogens with zero attached hydrogens (tertiary/aromatic N) is 4. The number of anilines is 1. The van der Waals surface area contributed by atoms with Gasteiger partial charge in [-0.15, -0.1) is 17.5 Å². The van der Waals surface area contributed by atoms with Crippen molar-refractivity contribution in [3.63, 3.8) is 0 Å². The van der Waals surface area contributed by atoms with Crippen molar-refractivity contribution in [3.8, 4) is 0 Å². The third-order valence-electron chi connectivity index (χ3n) is 4.35. The molecule has 0 bridgehead atoms. The Morgan fingerprint density at radius 3 is 2.81 bits per heavy atom. The molecule has 1 aromatic heterocycles. The molecule has 2 N–H and O–H groups in total. The van der Waals surface area contributed by atoms with Crippen LogP contribution >= 0.6 is 12.4 Å². The standard InChI is InChI=1S/C16H20N6O3.ClH/c1-2-11-3-4-12(9-15(11)22(24)25)18-16(23)14-10-21(20-19-14)13-5-7-17-8-6-13;/h3-4,9-10,13,17H,2,5-8H2,1H3,(H,18,23);1H. The fourth-order valence-corrected chi connectivity index (χ4v) is 2.94. The van der Waals surface area contributed by atoms with Crippen LogP contribution in [-0.4, -0.2) is 38.9 Å². The quantitative estimate of drug-likeness (QED) is 0.607. The number of amides is 1. The van der Waals surface area contributed by atoms with Crippen molar-refractivity contribution in [2.45, 2.75) is 32.2 Å². The molecule has 2 heterocycles. The number of nitro groups is 1. The Hall–Kier alpha value is -2.52. The summed E-state index contributed by atoms with van der Waals surface area (Å²) in [5, 5.41) is 25.0. The topological polar surface area (TPSA) is 115 Å². The zero-order valence-electron chi connectivity index (χ0n) is 14.3. The number of hydrogen-bond acceptors (Lipinski definition) is 6. The molecule has 3 rings (SSSR count). The summed E-state index contributed by atoms with van der Waals surface area (Å²) in [6.45, 7) is 3.68. The first-order valence-electron chi connectivity index (χ1n) is 8.29. The van der Waals surface area contributed by atoms with Crippen molar-refractivity contribution in [2.24, 2.45) is 0 Å². The Balaban J connectivity index is 0.00000243. The predicted octanol–water partition coefficient (Wildman–Crippen LogP) is 2.35. The largest absolute Gasteiger partial charge is 0.320 e. The zero-order chi connectivity index (χ0) is 17.8. The van der Waals surface area contributed by atoms with Gasteiger partial charge in [0.1, 0.15) is 0 Å². The molecule has 9 nitrogen and oxygen atoms in total. The first-order valence-corrected chi connectivity index (χ1v) is 8.29. The number of carbonyl (C=O) groups excluding carboxylic acids is 1. The highest BCUT2D eigenvalue weighted by Gasteiger charge is 2.20. The van der Waals surface area contributed by atoms with Crippen LogP contribution in [0.1, 0.15) is 41.9 Å². The van der Waals surface area contributed by atoms with Crippen LogP contribution in [-0.2, 0) is 6.42 Å². The van der Waals surface area contributed by atoms with Gasteiger partial charge in [0.25, 0.3) is 11.6 Å². The summed E-state index contributed by atoms with van der Waals surface area (Å²) in [5.74, 6) is -0.432. The van der Waals surface area contributed by atoms with E-state index in [4.69, 9.17) is 0 Å². The molecule has 26 heavy (non-hydrogen) atoms. The molecule has 0 atom stereocenters. The van der Waals surface area contributed by atoms with Gasteiger partial charge in [0.2, 0.25) is 0 Å².